The Bertz CT molecular complexity index is 991. The van der Waals surface area contributed by atoms with Gasteiger partial charge in [-0.25, -0.2) is 0 Å². The van der Waals surface area contributed by atoms with Crippen molar-refractivity contribution in [1.82, 2.24) is 0 Å². The third-order valence-electron chi connectivity index (χ3n) is 4.86. The summed E-state index contributed by atoms with van der Waals surface area (Å²) < 4.78 is 0. The lowest BCUT2D eigenvalue weighted by Gasteiger charge is -2.20. The third kappa shape index (κ3) is 5.06. The highest BCUT2D eigenvalue weighted by molar-refractivity contribution is 5.96. The molecular weight excluding hydrogens is 366 g/mol. The predicted molar refractivity (Wildman–Crippen MR) is 112 cm³/mol. The second-order valence-corrected chi connectivity index (χ2v) is 7.05. The molecule has 3 rings (SSSR count). The van der Waals surface area contributed by atoms with Crippen LogP contribution in [0, 0.1) is 17.0 Å². The Morgan fingerprint density at radius 2 is 1.55 bits per heavy atom. The van der Waals surface area contributed by atoms with Crippen molar-refractivity contribution in [3.8, 4) is 0 Å². The van der Waals surface area contributed by atoms with E-state index in [1.165, 1.54) is 6.07 Å². The van der Waals surface area contributed by atoms with Gasteiger partial charge >= 0.3 is 0 Å². The lowest BCUT2D eigenvalue weighted by Crippen LogP contribution is -2.87. The van der Waals surface area contributed by atoms with Crippen LogP contribution in [-0.4, -0.2) is 10.8 Å². The Morgan fingerprint density at radius 3 is 2.14 bits per heavy atom. The summed E-state index contributed by atoms with van der Waals surface area (Å²) in [7, 11) is 0. The molecule has 0 radical (unpaired) electrons. The van der Waals surface area contributed by atoms with E-state index >= 15 is 0 Å². The van der Waals surface area contributed by atoms with Gasteiger partial charge in [0.25, 0.3) is 11.6 Å². The molecule has 0 aliphatic carbocycles. The molecule has 0 aromatic heterocycles. The fourth-order valence-electron chi connectivity index (χ4n) is 3.28. The molecule has 6 heteroatoms. The second-order valence-electron chi connectivity index (χ2n) is 7.05. The molecule has 0 fully saturated rings. The van der Waals surface area contributed by atoms with Crippen LogP contribution in [-0.2, 0) is 4.79 Å². The highest BCUT2D eigenvalue weighted by Gasteiger charge is 2.28. The van der Waals surface area contributed by atoms with Crippen molar-refractivity contribution in [2.24, 2.45) is 0 Å². The van der Waals surface area contributed by atoms with Crippen LogP contribution in [0.1, 0.15) is 35.7 Å². The van der Waals surface area contributed by atoms with Gasteiger partial charge in [0, 0.05) is 17.2 Å². The van der Waals surface area contributed by atoms with E-state index in [0.29, 0.717) is 0 Å². The van der Waals surface area contributed by atoms with Gasteiger partial charge in [-0.1, -0.05) is 66.7 Å². The maximum absolute atomic E-state index is 13.2. The first-order valence-electron chi connectivity index (χ1n) is 9.46. The number of hydrogen-bond acceptors (Lipinski definition) is 3. The van der Waals surface area contributed by atoms with Crippen molar-refractivity contribution in [2.75, 3.05) is 5.32 Å². The van der Waals surface area contributed by atoms with Crippen LogP contribution in [0.15, 0.2) is 78.9 Å². The first-order chi connectivity index (χ1) is 14.0. The number of hydrogen-bond donors (Lipinski definition) is 2. The number of aryl methyl sites for hydroxylation is 1. The van der Waals surface area contributed by atoms with Gasteiger partial charge in [-0.3, -0.25) is 14.9 Å². The normalized spacial score (nSPS) is 12.8. The van der Waals surface area contributed by atoms with E-state index in [1.807, 2.05) is 72.9 Å². The number of amides is 1. The summed E-state index contributed by atoms with van der Waals surface area (Å²) in [6.07, 6.45) is 0. The molecule has 3 aromatic carbocycles. The predicted octanol–water partition coefficient (Wildman–Crippen LogP) is 3.91. The maximum Gasteiger partial charge on any atom is 0.293 e. The summed E-state index contributed by atoms with van der Waals surface area (Å²) in [5, 5.41) is 16.1. The number of nitro benzene ring substituents is 1. The molecule has 3 N–H and O–H groups in total. The molecule has 0 heterocycles. The first-order valence-corrected chi connectivity index (χ1v) is 9.46. The Labute approximate surface area is 169 Å². The monoisotopic (exact) mass is 390 g/mol. The minimum absolute atomic E-state index is 0.0279. The van der Waals surface area contributed by atoms with Crippen LogP contribution >= 0.6 is 0 Å². The summed E-state index contributed by atoms with van der Waals surface area (Å²) >= 11 is 0. The topological polar surface area (TPSA) is 88.8 Å². The zero-order chi connectivity index (χ0) is 20.8. The van der Waals surface area contributed by atoms with E-state index in [1.54, 1.807) is 19.1 Å². The minimum Gasteiger partial charge on any atom is -0.326 e. The molecule has 0 saturated heterocycles. The minimum atomic E-state index is -0.549. The highest BCUT2D eigenvalue weighted by atomic mass is 16.6. The van der Waals surface area contributed by atoms with Crippen LogP contribution in [0.25, 0.3) is 0 Å². The lowest BCUT2D eigenvalue weighted by atomic mass is 10.0. The summed E-state index contributed by atoms with van der Waals surface area (Å²) in [6, 6.07) is 23.6. The van der Waals surface area contributed by atoms with E-state index in [4.69, 9.17) is 0 Å². The zero-order valence-electron chi connectivity index (χ0n) is 16.4. The number of carbonyl (C=O) groups is 1. The number of quaternary nitrogens is 1. The SMILES string of the molecule is Cc1ccc(NC(=O)[C@H]([NH2+][C@@H](C)c2ccccc2)c2ccccc2)c([N+](=O)[O-])c1. The van der Waals surface area contributed by atoms with E-state index in [-0.39, 0.29) is 23.3 Å². The Balaban J connectivity index is 1.89. The number of nitrogens with zero attached hydrogens (tertiary/aromatic N) is 1. The van der Waals surface area contributed by atoms with Crippen molar-refractivity contribution in [3.63, 3.8) is 0 Å². The average Bonchev–Trinajstić information content (AvgIpc) is 2.74. The number of nitrogens with two attached hydrogens (primary N) is 1. The average molecular weight is 390 g/mol. The van der Waals surface area contributed by atoms with E-state index in [0.717, 1.165) is 16.7 Å². The van der Waals surface area contributed by atoms with Gasteiger partial charge in [0.05, 0.1) is 4.92 Å². The fraction of sp³-hybridized carbons (Fsp3) is 0.174. The molecule has 6 nitrogen and oxygen atoms in total. The zero-order valence-corrected chi connectivity index (χ0v) is 16.4. The summed E-state index contributed by atoms with van der Waals surface area (Å²) in [6.45, 7) is 3.81. The molecule has 0 aliphatic heterocycles. The van der Waals surface area contributed by atoms with Crippen molar-refractivity contribution < 1.29 is 15.0 Å². The van der Waals surface area contributed by atoms with Gasteiger partial charge in [-0.05, 0) is 25.5 Å². The third-order valence-corrected chi connectivity index (χ3v) is 4.86. The molecule has 0 saturated carbocycles. The number of rotatable bonds is 7. The molecule has 1 amide bonds. The first kappa shape index (κ1) is 20.2. The van der Waals surface area contributed by atoms with Crippen molar-refractivity contribution in [3.05, 3.63) is 106 Å². The molecular formula is C23H24N3O3+. The Hall–Kier alpha value is -3.51. The molecule has 29 heavy (non-hydrogen) atoms. The molecule has 2 atom stereocenters. The van der Waals surface area contributed by atoms with Crippen LogP contribution in [0.5, 0.6) is 0 Å². The maximum atomic E-state index is 13.2. The van der Waals surface area contributed by atoms with E-state index < -0.39 is 11.0 Å². The lowest BCUT2D eigenvalue weighted by molar-refractivity contribution is -0.718. The van der Waals surface area contributed by atoms with E-state index in [9.17, 15) is 14.9 Å². The van der Waals surface area contributed by atoms with Crippen molar-refractivity contribution >= 4 is 17.3 Å². The van der Waals surface area contributed by atoms with Crippen LogP contribution < -0.4 is 10.6 Å². The van der Waals surface area contributed by atoms with Crippen LogP contribution in [0.2, 0.25) is 0 Å². The number of nitrogens with one attached hydrogen (secondary N) is 1. The van der Waals surface area contributed by atoms with Gasteiger partial charge in [-0.15, -0.1) is 0 Å². The second kappa shape index (κ2) is 9.12. The number of carbonyl (C=O) groups excluding carboxylic acids is 1. The van der Waals surface area contributed by atoms with Crippen LogP contribution in [0.4, 0.5) is 11.4 Å². The molecule has 148 valence electrons. The van der Waals surface area contributed by atoms with Crippen molar-refractivity contribution in [1.29, 1.82) is 0 Å². The standard InChI is InChI=1S/C23H23N3O3/c1-16-13-14-20(21(15-16)26(28)29)25-23(27)22(19-11-7-4-8-12-19)24-17(2)18-9-5-3-6-10-18/h3-15,17,22,24H,1-2H3,(H,25,27)/p+1/t17-,22+/m0/s1. The van der Waals surface area contributed by atoms with Gasteiger partial charge in [0.2, 0.25) is 0 Å². The number of nitro groups is 1. The number of benzene rings is 3. The quantitative estimate of drug-likeness (QED) is 0.473. The van der Waals surface area contributed by atoms with E-state index in [2.05, 4.69) is 5.32 Å². The van der Waals surface area contributed by atoms with Gasteiger partial charge < -0.3 is 10.6 Å². The summed E-state index contributed by atoms with van der Waals surface area (Å²) in [5.74, 6) is -0.300. The summed E-state index contributed by atoms with van der Waals surface area (Å²) in [5.41, 5.74) is 2.79. The number of anilines is 1. The molecule has 0 aliphatic rings. The molecule has 0 unspecified atom stereocenters. The van der Waals surface area contributed by atoms with Crippen molar-refractivity contribution in [2.45, 2.75) is 25.9 Å². The summed E-state index contributed by atoms with van der Waals surface area (Å²) in [4.78, 5) is 24.1. The fourth-order valence-corrected chi connectivity index (χ4v) is 3.28. The highest BCUT2D eigenvalue weighted by Crippen LogP contribution is 2.26. The van der Waals surface area contributed by atoms with Crippen LogP contribution in [0.3, 0.4) is 0 Å². The molecule has 0 bridgehead atoms. The smallest absolute Gasteiger partial charge is 0.293 e. The largest absolute Gasteiger partial charge is 0.326 e. The Morgan fingerprint density at radius 1 is 0.966 bits per heavy atom. The van der Waals surface area contributed by atoms with Gasteiger partial charge in [0.1, 0.15) is 11.7 Å². The van der Waals surface area contributed by atoms with Gasteiger partial charge in [-0.2, -0.15) is 0 Å². The molecule has 0 spiro atoms. The Kier molecular flexibility index (Phi) is 6.36. The van der Waals surface area contributed by atoms with Gasteiger partial charge in [0.15, 0.2) is 6.04 Å². The molecule has 3 aromatic rings.